The molecule has 1 aliphatic heterocycles. The summed E-state index contributed by atoms with van der Waals surface area (Å²) in [6, 6.07) is 5.93. The van der Waals surface area contributed by atoms with Gasteiger partial charge in [-0.15, -0.1) is 17.3 Å². The van der Waals surface area contributed by atoms with E-state index in [1.54, 1.807) is 4.90 Å². The van der Waals surface area contributed by atoms with Gasteiger partial charge in [0.2, 0.25) is 5.91 Å². The normalized spacial score (nSPS) is 18.9. The van der Waals surface area contributed by atoms with Crippen LogP contribution in [0.15, 0.2) is 27.1 Å². The molecule has 2 rings (SSSR count). The van der Waals surface area contributed by atoms with Crippen molar-refractivity contribution in [3.05, 3.63) is 38.8 Å². The summed E-state index contributed by atoms with van der Waals surface area (Å²) >= 11 is 10.3. The summed E-state index contributed by atoms with van der Waals surface area (Å²) in [5.74, 6) is 0.0982. The summed E-state index contributed by atoms with van der Waals surface area (Å²) in [6.07, 6.45) is 3.91. The Morgan fingerprint density at radius 2 is 2.11 bits per heavy atom. The predicted octanol–water partition coefficient (Wildman–Crippen LogP) is 4.37. The van der Waals surface area contributed by atoms with Crippen LogP contribution in [0.1, 0.15) is 18.9 Å². The van der Waals surface area contributed by atoms with Crippen molar-refractivity contribution in [3.63, 3.8) is 0 Å². The number of allylic oxidation sites excluding steroid dienone is 1. The number of nitrogens with zero attached hydrogens (tertiary/aromatic N) is 1. The molecule has 99 valence electrons. The molecule has 6 heteroatoms. The number of carbonyl (C=O) groups excluding carboxylic acids is 1. The van der Waals surface area contributed by atoms with Gasteiger partial charge in [-0.2, -0.15) is 0 Å². The van der Waals surface area contributed by atoms with Gasteiger partial charge in [0.1, 0.15) is 0 Å². The van der Waals surface area contributed by atoms with Gasteiger partial charge in [-0.05, 0) is 6.92 Å². The molecule has 1 radical (unpaired) electrons. The van der Waals surface area contributed by atoms with Crippen LogP contribution in [0.25, 0.3) is 5.70 Å². The summed E-state index contributed by atoms with van der Waals surface area (Å²) in [7, 11) is 0. The first-order chi connectivity index (χ1) is 8.54. The Morgan fingerprint density at radius 3 is 2.68 bits per heavy atom. The molecule has 0 saturated heterocycles. The molecule has 0 N–H and O–H groups in total. The molecule has 0 aliphatic carbocycles. The fourth-order valence-corrected chi connectivity index (χ4v) is 3.53. The van der Waals surface area contributed by atoms with Gasteiger partial charge in [-0.1, -0.05) is 70.8 Å². The van der Waals surface area contributed by atoms with Crippen LogP contribution in [-0.4, -0.2) is 22.2 Å². The Balaban J connectivity index is 0.00000180. The maximum Gasteiger partial charge on any atom is 0.236 e. The fraction of sp³-hybridized carbons (Fsp3) is 0.308. The molecule has 1 aromatic rings. The molecule has 0 spiro atoms. The first-order valence-electron chi connectivity index (χ1n) is 5.56. The molecule has 2 nitrogen and oxygen atoms in total. The second-order valence-electron chi connectivity index (χ2n) is 3.90. The van der Waals surface area contributed by atoms with Gasteiger partial charge < -0.3 is 4.90 Å². The number of halogens is 3. The minimum atomic E-state index is -0.157. The van der Waals surface area contributed by atoms with Crippen molar-refractivity contribution >= 4 is 59.4 Å². The molecular weight excluding hydrogens is 515 g/mol. The third kappa shape index (κ3) is 4.00. The molecule has 19 heavy (non-hydrogen) atoms. The van der Waals surface area contributed by atoms with Crippen molar-refractivity contribution in [2.24, 2.45) is 0 Å². The number of alkyl halides is 1. The van der Waals surface area contributed by atoms with E-state index in [-0.39, 0.29) is 43.4 Å². The molecule has 1 aliphatic rings. The minimum Gasteiger partial charge on any atom is -0.347 e. The summed E-state index contributed by atoms with van der Waals surface area (Å²) in [5.41, 5.74) is 1.85. The molecule has 1 heterocycles. The minimum absolute atomic E-state index is 0. The monoisotopic (exact) mass is 523 g/mol. The molecule has 1 amide bonds. The van der Waals surface area contributed by atoms with E-state index in [1.807, 2.05) is 25.1 Å². The van der Waals surface area contributed by atoms with Gasteiger partial charge in [0.25, 0.3) is 0 Å². The zero-order chi connectivity index (χ0) is 13.3. The molecule has 1 atom stereocenters. The average molecular weight is 526 g/mol. The molecule has 1 unspecified atom stereocenters. The van der Waals surface area contributed by atoms with Crippen LogP contribution < -0.4 is 0 Å². The van der Waals surface area contributed by atoms with Gasteiger partial charge >= 0.3 is 0 Å². The maximum atomic E-state index is 12.1. The van der Waals surface area contributed by atoms with E-state index in [1.165, 1.54) is 0 Å². The van der Waals surface area contributed by atoms with Crippen molar-refractivity contribution in [3.8, 4) is 0 Å². The zero-order valence-electron chi connectivity index (χ0n) is 10.3. The van der Waals surface area contributed by atoms with Gasteiger partial charge in [-0.3, -0.25) is 4.79 Å². The van der Waals surface area contributed by atoms with Crippen LogP contribution in [0.4, 0.5) is 0 Å². The molecule has 0 aromatic heterocycles. The number of amides is 1. The number of benzene rings is 1. The predicted molar refractivity (Wildman–Crippen MR) is 83.2 cm³/mol. The summed E-state index contributed by atoms with van der Waals surface area (Å²) < 4.78 is 1.96. The molecule has 0 fully saturated rings. The van der Waals surface area contributed by atoms with Crippen LogP contribution in [0.2, 0.25) is 0 Å². The summed E-state index contributed by atoms with van der Waals surface area (Å²) in [6.45, 7) is 2.61. The van der Waals surface area contributed by atoms with E-state index < -0.39 is 0 Å². The van der Waals surface area contributed by atoms with Crippen LogP contribution >= 0.6 is 47.8 Å². The van der Waals surface area contributed by atoms with Crippen molar-refractivity contribution < 1.29 is 37.5 Å². The van der Waals surface area contributed by atoms with Gasteiger partial charge in [0.05, 0.1) is 4.83 Å². The smallest absolute Gasteiger partial charge is 0.236 e. The van der Waals surface area contributed by atoms with E-state index in [0.29, 0.717) is 13.0 Å². The second kappa shape index (κ2) is 7.83. The first-order valence-corrected chi connectivity index (χ1v) is 8.06. The van der Waals surface area contributed by atoms with Gasteiger partial charge in [-0.25, -0.2) is 6.08 Å². The molecule has 1 aromatic carbocycles. The van der Waals surface area contributed by atoms with Gasteiger partial charge in [0.15, 0.2) is 0 Å². The Morgan fingerprint density at radius 1 is 1.42 bits per heavy atom. The topological polar surface area (TPSA) is 20.3 Å². The van der Waals surface area contributed by atoms with E-state index >= 15 is 0 Å². The maximum absolute atomic E-state index is 12.1. The van der Waals surface area contributed by atoms with Gasteiger partial charge in [0, 0.05) is 43.7 Å². The van der Waals surface area contributed by atoms with Crippen molar-refractivity contribution in [2.75, 3.05) is 6.54 Å². The Hall–Kier alpha value is 0.974. The number of hydrogen-bond acceptors (Lipinski definition) is 1. The van der Waals surface area contributed by atoms with Crippen LogP contribution in [0, 0.1) is 6.08 Å². The first kappa shape index (κ1) is 18.0. The Labute approximate surface area is 163 Å². The van der Waals surface area contributed by atoms with E-state index in [4.69, 9.17) is 0 Å². The Kier molecular flexibility index (Phi) is 7.43. The molecule has 0 bridgehead atoms. The standard InChI is InChI=1S/C13H11Br3NO.Y/c1-2-17-12(6-5-10(15)13(17)18)9-4-3-8(14)7-11(9)16;/h3-4,7,10H,2,5H2,1H3;/q-1;. The van der Waals surface area contributed by atoms with Crippen LogP contribution in [-0.2, 0) is 37.5 Å². The van der Waals surface area contributed by atoms with Crippen molar-refractivity contribution in [2.45, 2.75) is 18.2 Å². The van der Waals surface area contributed by atoms with Crippen molar-refractivity contribution in [1.29, 1.82) is 0 Å². The fourth-order valence-electron chi connectivity index (χ4n) is 1.88. The van der Waals surface area contributed by atoms with E-state index in [0.717, 1.165) is 20.2 Å². The molecule has 0 saturated carbocycles. The quantitative estimate of drug-likeness (QED) is 0.415. The number of hydrogen-bond donors (Lipinski definition) is 0. The third-order valence-electron chi connectivity index (χ3n) is 2.76. The van der Waals surface area contributed by atoms with Crippen molar-refractivity contribution in [1.82, 2.24) is 4.90 Å². The number of rotatable bonds is 2. The van der Waals surface area contributed by atoms with Crippen LogP contribution in [0.5, 0.6) is 0 Å². The molecular formula is C13H11Br3NOY-. The third-order valence-corrected chi connectivity index (χ3v) is 4.62. The van der Waals surface area contributed by atoms with E-state index in [9.17, 15) is 4.79 Å². The largest absolute Gasteiger partial charge is 0.347 e. The van der Waals surface area contributed by atoms with E-state index in [2.05, 4.69) is 53.9 Å². The van der Waals surface area contributed by atoms with Crippen LogP contribution in [0.3, 0.4) is 0 Å². The summed E-state index contributed by atoms with van der Waals surface area (Å²) in [4.78, 5) is 13.7. The summed E-state index contributed by atoms with van der Waals surface area (Å²) in [5, 5.41) is 0. The number of carbonyl (C=O) groups is 1. The second-order valence-corrected chi connectivity index (χ2v) is 6.78. The zero-order valence-corrected chi connectivity index (χ0v) is 17.9. The Bertz CT molecular complexity index is 519. The average Bonchev–Trinajstić information content (AvgIpc) is 2.33. The SMILES string of the molecule is CCN1C(=O)C(Br)C[C-]=C1c1ccc(Br)cc1Br.[Y].